The molecule has 29 heavy (non-hydrogen) atoms. The SMILES string of the molecule is Cl.O=C1NC(=O)C(c2cccc3nccn23)=C1c1cn2c3c(cccc13)CCC2. The van der Waals surface area contributed by atoms with Gasteiger partial charge < -0.3 is 4.57 Å². The summed E-state index contributed by atoms with van der Waals surface area (Å²) in [4.78, 5) is 30.0. The van der Waals surface area contributed by atoms with Crippen LogP contribution in [0.2, 0.25) is 0 Å². The third-order valence-corrected chi connectivity index (χ3v) is 5.71. The second-order valence-electron chi connectivity index (χ2n) is 7.25. The number of aryl methyl sites for hydroxylation is 2. The van der Waals surface area contributed by atoms with E-state index < -0.39 is 0 Å². The molecule has 1 N–H and O–H groups in total. The number of imidazole rings is 1. The number of hydrogen-bond donors (Lipinski definition) is 1. The van der Waals surface area contributed by atoms with E-state index in [-0.39, 0.29) is 24.2 Å². The first-order valence-electron chi connectivity index (χ1n) is 9.36. The maximum absolute atomic E-state index is 12.9. The van der Waals surface area contributed by atoms with E-state index in [0.717, 1.165) is 36.0 Å². The number of carbonyl (C=O) groups is 2. The molecule has 144 valence electrons. The van der Waals surface area contributed by atoms with Crippen LogP contribution in [0, 0.1) is 0 Å². The first-order valence-corrected chi connectivity index (χ1v) is 9.36. The Labute approximate surface area is 172 Å². The summed E-state index contributed by atoms with van der Waals surface area (Å²) < 4.78 is 4.05. The minimum Gasteiger partial charge on any atom is -0.347 e. The normalized spacial score (nSPS) is 15.9. The second kappa shape index (κ2) is 6.32. The quantitative estimate of drug-likeness (QED) is 0.521. The summed E-state index contributed by atoms with van der Waals surface area (Å²) in [7, 11) is 0. The summed E-state index contributed by atoms with van der Waals surface area (Å²) in [6, 6.07) is 11.8. The molecular formula is C22H17ClN4O2. The molecule has 0 unspecified atom stereocenters. The number of hydrogen-bond acceptors (Lipinski definition) is 3. The molecule has 6 nitrogen and oxygen atoms in total. The lowest BCUT2D eigenvalue weighted by Gasteiger charge is -2.14. The van der Waals surface area contributed by atoms with E-state index in [2.05, 4.69) is 20.9 Å². The lowest BCUT2D eigenvalue weighted by atomic mass is 9.96. The molecule has 2 aliphatic heterocycles. The Hall–Kier alpha value is -3.38. The van der Waals surface area contributed by atoms with Crippen molar-refractivity contribution in [3.05, 3.63) is 71.8 Å². The first kappa shape index (κ1) is 17.7. The molecule has 2 aliphatic rings. The predicted molar refractivity (Wildman–Crippen MR) is 113 cm³/mol. The lowest BCUT2D eigenvalue weighted by Crippen LogP contribution is -2.23. The number of para-hydroxylation sites is 1. The summed E-state index contributed by atoms with van der Waals surface area (Å²) in [5.41, 5.74) is 5.52. The minimum atomic E-state index is -0.367. The Morgan fingerprint density at radius 1 is 1.00 bits per heavy atom. The Bertz CT molecular complexity index is 1360. The van der Waals surface area contributed by atoms with E-state index in [9.17, 15) is 9.59 Å². The number of fused-ring (bicyclic) bond motifs is 1. The molecule has 6 rings (SSSR count). The van der Waals surface area contributed by atoms with Crippen LogP contribution >= 0.6 is 12.4 Å². The van der Waals surface area contributed by atoms with Crippen molar-refractivity contribution in [1.82, 2.24) is 19.3 Å². The molecule has 7 heteroatoms. The highest BCUT2D eigenvalue weighted by Gasteiger charge is 2.35. The standard InChI is InChI=1S/C22H16N4O2.ClH/c27-21-18(15-12-25-10-3-5-13-4-1-6-14(15)20(13)25)19(22(28)24-21)16-7-2-8-17-23-9-11-26(16)17;/h1-2,4,6-9,11-12H,3,5,10H2,(H,24,27,28);1H. The molecule has 0 spiro atoms. The maximum Gasteiger partial charge on any atom is 0.261 e. The highest BCUT2D eigenvalue weighted by molar-refractivity contribution is 6.49. The number of halogens is 1. The molecule has 0 saturated carbocycles. The summed E-state index contributed by atoms with van der Waals surface area (Å²) in [6.45, 7) is 0.919. The molecule has 0 saturated heterocycles. The van der Waals surface area contributed by atoms with Gasteiger partial charge in [-0.3, -0.25) is 19.3 Å². The number of carbonyl (C=O) groups excluding carboxylic acids is 2. The number of nitrogens with zero attached hydrogens (tertiary/aromatic N) is 3. The number of aromatic nitrogens is 3. The van der Waals surface area contributed by atoms with Crippen LogP contribution < -0.4 is 5.32 Å². The second-order valence-corrected chi connectivity index (χ2v) is 7.25. The minimum absolute atomic E-state index is 0. The zero-order chi connectivity index (χ0) is 18.8. The molecule has 5 heterocycles. The topological polar surface area (TPSA) is 68.4 Å². The summed E-state index contributed by atoms with van der Waals surface area (Å²) in [5.74, 6) is -0.714. The molecule has 0 aliphatic carbocycles. The van der Waals surface area contributed by atoms with Gasteiger partial charge in [-0.05, 0) is 30.5 Å². The average Bonchev–Trinajstić information content (AvgIpc) is 3.39. The van der Waals surface area contributed by atoms with Crippen LogP contribution in [0.1, 0.15) is 23.2 Å². The third kappa shape index (κ3) is 2.39. The van der Waals surface area contributed by atoms with Crippen molar-refractivity contribution >= 4 is 51.9 Å². The van der Waals surface area contributed by atoms with E-state index in [0.29, 0.717) is 16.8 Å². The molecule has 0 fully saturated rings. The van der Waals surface area contributed by atoms with Gasteiger partial charge in [0.25, 0.3) is 11.8 Å². The zero-order valence-electron chi connectivity index (χ0n) is 15.4. The number of pyridine rings is 1. The molecule has 3 aromatic heterocycles. The van der Waals surface area contributed by atoms with Gasteiger partial charge in [0, 0.05) is 36.1 Å². The summed E-state index contributed by atoms with van der Waals surface area (Å²) >= 11 is 0. The van der Waals surface area contributed by atoms with E-state index in [1.165, 1.54) is 11.1 Å². The van der Waals surface area contributed by atoms with Gasteiger partial charge in [-0.1, -0.05) is 24.3 Å². The number of amides is 2. The largest absolute Gasteiger partial charge is 0.347 e. The third-order valence-electron chi connectivity index (χ3n) is 5.71. The molecular weight excluding hydrogens is 388 g/mol. The molecule has 0 radical (unpaired) electrons. The van der Waals surface area contributed by atoms with Crippen LogP contribution in [0.3, 0.4) is 0 Å². The van der Waals surface area contributed by atoms with Gasteiger partial charge in [0.05, 0.1) is 22.4 Å². The van der Waals surface area contributed by atoms with Gasteiger partial charge in [0.1, 0.15) is 5.65 Å². The van der Waals surface area contributed by atoms with Crippen molar-refractivity contribution in [2.24, 2.45) is 0 Å². The number of imide groups is 1. The zero-order valence-corrected chi connectivity index (χ0v) is 16.2. The van der Waals surface area contributed by atoms with Crippen molar-refractivity contribution in [2.75, 3.05) is 0 Å². The van der Waals surface area contributed by atoms with Gasteiger partial charge in [0.15, 0.2) is 0 Å². The molecule has 1 aromatic carbocycles. The van der Waals surface area contributed by atoms with E-state index in [4.69, 9.17) is 0 Å². The number of nitrogens with one attached hydrogen (secondary N) is 1. The van der Waals surface area contributed by atoms with E-state index in [1.54, 1.807) is 12.4 Å². The number of rotatable bonds is 2. The fourth-order valence-corrected chi connectivity index (χ4v) is 4.56. The Kier molecular flexibility index (Phi) is 3.86. The Morgan fingerprint density at radius 2 is 1.83 bits per heavy atom. The molecule has 4 aromatic rings. The van der Waals surface area contributed by atoms with Crippen molar-refractivity contribution in [3.8, 4) is 0 Å². The maximum atomic E-state index is 12.9. The van der Waals surface area contributed by atoms with Gasteiger partial charge in [-0.2, -0.15) is 0 Å². The van der Waals surface area contributed by atoms with Crippen LogP contribution in [-0.4, -0.2) is 25.8 Å². The van der Waals surface area contributed by atoms with Crippen LogP contribution in [0.5, 0.6) is 0 Å². The highest BCUT2D eigenvalue weighted by Crippen LogP contribution is 2.38. The van der Waals surface area contributed by atoms with Crippen molar-refractivity contribution < 1.29 is 9.59 Å². The van der Waals surface area contributed by atoms with Gasteiger partial charge >= 0.3 is 0 Å². The Morgan fingerprint density at radius 3 is 2.72 bits per heavy atom. The smallest absolute Gasteiger partial charge is 0.261 e. The van der Waals surface area contributed by atoms with Crippen molar-refractivity contribution in [3.63, 3.8) is 0 Å². The van der Waals surface area contributed by atoms with Crippen LogP contribution in [0.15, 0.2) is 55.0 Å². The predicted octanol–water partition coefficient (Wildman–Crippen LogP) is 3.22. The van der Waals surface area contributed by atoms with Crippen LogP contribution in [0.4, 0.5) is 0 Å². The van der Waals surface area contributed by atoms with Gasteiger partial charge in [0.2, 0.25) is 0 Å². The van der Waals surface area contributed by atoms with E-state index >= 15 is 0 Å². The fraction of sp³-hybridized carbons (Fsp3) is 0.136. The summed E-state index contributed by atoms with van der Waals surface area (Å²) in [5, 5.41) is 3.52. The van der Waals surface area contributed by atoms with Crippen molar-refractivity contribution in [2.45, 2.75) is 19.4 Å². The molecule has 0 atom stereocenters. The highest BCUT2D eigenvalue weighted by atomic mass is 35.5. The van der Waals surface area contributed by atoms with Crippen molar-refractivity contribution in [1.29, 1.82) is 0 Å². The van der Waals surface area contributed by atoms with Crippen LogP contribution in [0.25, 0.3) is 27.7 Å². The first-order chi connectivity index (χ1) is 13.7. The van der Waals surface area contributed by atoms with E-state index in [1.807, 2.05) is 40.9 Å². The Balaban J connectivity index is 0.00000181. The fourth-order valence-electron chi connectivity index (χ4n) is 4.56. The average molecular weight is 405 g/mol. The molecule has 2 amide bonds. The van der Waals surface area contributed by atoms with Crippen LogP contribution in [-0.2, 0) is 22.6 Å². The number of benzene rings is 1. The monoisotopic (exact) mass is 404 g/mol. The molecule has 0 bridgehead atoms. The lowest BCUT2D eigenvalue weighted by molar-refractivity contribution is -0.122. The van der Waals surface area contributed by atoms with Gasteiger partial charge in [-0.25, -0.2) is 4.98 Å². The summed E-state index contributed by atoms with van der Waals surface area (Å²) in [6.07, 6.45) is 7.63. The van der Waals surface area contributed by atoms with Gasteiger partial charge in [-0.15, -0.1) is 12.4 Å².